The lowest BCUT2D eigenvalue weighted by Crippen LogP contribution is -2.23. The summed E-state index contributed by atoms with van der Waals surface area (Å²) in [6.45, 7) is 1.77. The van der Waals surface area contributed by atoms with Crippen LogP contribution < -0.4 is 15.6 Å². The molecule has 5 rings (SSSR count). The van der Waals surface area contributed by atoms with Crippen molar-refractivity contribution in [3.63, 3.8) is 0 Å². The van der Waals surface area contributed by atoms with Crippen molar-refractivity contribution >= 4 is 11.6 Å². The number of hydrogen-bond donors (Lipinski definition) is 1. The average Bonchev–Trinajstić information content (AvgIpc) is 3.46. The average molecular weight is 481 g/mol. The first kappa shape index (κ1) is 22.9. The van der Waals surface area contributed by atoms with Gasteiger partial charge in [0.1, 0.15) is 11.4 Å². The van der Waals surface area contributed by atoms with E-state index < -0.39 is 5.91 Å². The van der Waals surface area contributed by atoms with Gasteiger partial charge in [-0.1, -0.05) is 48.5 Å². The molecule has 9 heteroatoms. The molecule has 0 atom stereocenters. The highest BCUT2D eigenvalue weighted by molar-refractivity contribution is 6.02. The standard InChI is InChI=1S/C27H24N6O3/c1-18-23(27(35)33(31(18)2)21-12-8-5-9-13-21)28-26(34)24-29-25(19-10-6-4-7-11-19)32(30-24)20-14-16-22(36-3)17-15-20/h4-17H,1-3H3,(H,28,34). The molecule has 0 radical (unpaired) electrons. The summed E-state index contributed by atoms with van der Waals surface area (Å²) < 4.78 is 10.1. The predicted octanol–water partition coefficient (Wildman–Crippen LogP) is 3.99. The largest absolute Gasteiger partial charge is 0.497 e. The molecule has 0 fully saturated rings. The summed E-state index contributed by atoms with van der Waals surface area (Å²) in [4.78, 5) is 31.0. The quantitative estimate of drug-likeness (QED) is 0.396. The Kier molecular flexibility index (Phi) is 5.95. The third kappa shape index (κ3) is 4.07. The lowest BCUT2D eigenvalue weighted by atomic mass is 10.2. The molecule has 5 aromatic rings. The molecular formula is C27H24N6O3. The molecule has 1 N–H and O–H groups in total. The summed E-state index contributed by atoms with van der Waals surface area (Å²) in [6.07, 6.45) is 0. The fourth-order valence-corrected chi connectivity index (χ4v) is 3.97. The van der Waals surface area contributed by atoms with Crippen LogP contribution in [0.5, 0.6) is 5.75 Å². The summed E-state index contributed by atoms with van der Waals surface area (Å²) in [7, 11) is 3.36. The molecule has 0 aliphatic carbocycles. The summed E-state index contributed by atoms with van der Waals surface area (Å²) in [5, 5.41) is 7.23. The summed E-state index contributed by atoms with van der Waals surface area (Å²) in [5.41, 5.74) is 2.64. The topological polar surface area (TPSA) is 96.0 Å². The third-order valence-corrected chi connectivity index (χ3v) is 5.95. The Bertz CT molecular complexity index is 1580. The molecule has 3 aromatic carbocycles. The highest BCUT2D eigenvalue weighted by atomic mass is 16.5. The maximum Gasteiger partial charge on any atom is 0.295 e. The predicted molar refractivity (Wildman–Crippen MR) is 137 cm³/mol. The molecule has 0 unspecified atom stereocenters. The van der Waals surface area contributed by atoms with Crippen LogP contribution >= 0.6 is 0 Å². The number of amides is 1. The van der Waals surface area contributed by atoms with Crippen molar-refractivity contribution < 1.29 is 9.53 Å². The zero-order valence-corrected chi connectivity index (χ0v) is 20.0. The van der Waals surface area contributed by atoms with Crippen LogP contribution in [-0.4, -0.2) is 37.1 Å². The van der Waals surface area contributed by atoms with Crippen molar-refractivity contribution in [1.29, 1.82) is 0 Å². The Labute approximate surface area is 207 Å². The Morgan fingerprint density at radius 3 is 2.17 bits per heavy atom. The number of para-hydroxylation sites is 1. The summed E-state index contributed by atoms with van der Waals surface area (Å²) in [6, 6.07) is 26.0. The van der Waals surface area contributed by atoms with Crippen LogP contribution in [0.15, 0.2) is 89.7 Å². The molecule has 1 amide bonds. The van der Waals surface area contributed by atoms with Crippen molar-refractivity contribution in [1.82, 2.24) is 24.1 Å². The second-order valence-electron chi connectivity index (χ2n) is 8.13. The van der Waals surface area contributed by atoms with Crippen molar-refractivity contribution in [2.45, 2.75) is 6.92 Å². The van der Waals surface area contributed by atoms with E-state index in [1.807, 2.05) is 84.9 Å². The summed E-state index contributed by atoms with van der Waals surface area (Å²) >= 11 is 0. The molecule has 0 aliphatic rings. The molecule has 2 heterocycles. The van der Waals surface area contributed by atoms with Gasteiger partial charge in [-0.15, -0.1) is 5.10 Å². The first-order valence-electron chi connectivity index (χ1n) is 11.3. The van der Waals surface area contributed by atoms with E-state index in [2.05, 4.69) is 15.4 Å². The van der Waals surface area contributed by atoms with Crippen molar-refractivity contribution in [3.8, 4) is 28.5 Å². The lowest BCUT2D eigenvalue weighted by Gasteiger charge is -2.07. The van der Waals surface area contributed by atoms with Crippen LogP contribution in [0, 0.1) is 6.92 Å². The highest BCUT2D eigenvalue weighted by Gasteiger charge is 2.23. The van der Waals surface area contributed by atoms with Gasteiger partial charge in [-0.3, -0.25) is 14.3 Å². The second-order valence-corrected chi connectivity index (χ2v) is 8.13. The Hall–Kier alpha value is -4.92. The van der Waals surface area contributed by atoms with Crippen molar-refractivity contribution in [2.75, 3.05) is 12.4 Å². The molecule has 0 aliphatic heterocycles. The number of ether oxygens (including phenoxy) is 1. The van der Waals surface area contributed by atoms with Crippen LogP contribution in [0.2, 0.25) is 0 Å². The van der Waals surface area contributed by atoms with E-state index in [0.29, 0.717) is 28.6 Å². The molecule has 36 heavy (non-hydrogen) atoms. The SMILES string of the molecule is COc1ccc(-n2nc(C(=O)Nc3c(C)n(C)n(-c4ccccc4)c3=O)nc2-c2ccccc2)cc1. The van der Waals surface area contributed by atoms with Gasteiger partial charge < -0.3 is 10.1 Å². The number of rotatable bonds is 6. The van der Waals surface area contributed by atoms with Gasteiger partial charge in [-0.25, -0.2) is 14.3 Å². The smallest absolute Gasteiger partial charge is 0.295 e. The third-order valence-electron chi connectivity index (χ3n) is 5.95. The number of methoxy groups -OCH3 is 1. The number of carbonyl (C=O) groups excluding carboxylic acids is 1. The molecule has 9 nitrogen and oxygen atoms in total. The first-order valence-corrected chi connectivity index (χ1v) is 11.3. The minimum atomic E-state index is -0.578. The zero-order chi connectivity index (χ0) is 25.2. The van der Waals surface area contributed by atoms with Crippen LogP contribution in [0.1, 0.15) is 16.3 Å². The second kappa shape index (κ2) is 9.38. The molecule has 0 saturated carbocycles. The Balaban J connectivity index is 1.54. The maximum absolute atomic E-state index is 13.3. The minimum Gasteiger partial charge on any atom is -0.497 e. The van der Waals surface area contributed by atoms with Gasteiger partial charge in [0.2, 0.25) is 5.82 Å². The van der Waals surface area contributed by atoms with E-state index in [1.54, 1.807) is 30.4 Å². The molecule has 0 bridgehead atoms. The molecule has 180 valence electrons. The van der Waals surface area contributed by atoms with Crippen LogP contribution in [-0.2, 0) is 7.05 Å². The van der Waals surface area contributed by atoms with Gasteiger partial charge >= 0.3 is 0 Å². The molecule has 2 aromatic heterocycles. The highest BCUT2D eigenvalue weighted by Crippen LogP contribution is 2.23. The fraction of sp³-hybridized carbons (Fsp3) is 0.111. The van der Waals surface area contributed by atoms with Crippen molar-refractivity contribution in [3.05, 3.63) is 107 Å². The first-order chi connectivity index (χ1) is 17.5. The number of aromatic nitrogens is 5. The van der Waals surface area contributed by atoms with E-state index >= 15 is 0 Å². The van der Waals surface area contributed by atoms with Gasteiger partial charge in [0, 0.05) is 12.6 Å². The molecular weight excluding hydrogens is 456 g/mol. The number of nitrogens with one attached hydrogen (secondary N) is 1. The number of nitrogens with zero attached hydrogens (tertiary/aromatic N) is 5. The van der Waals surface area contributed by atoms with Crippen LogP contribution in [0.4, 0.5) is 5.69 Å². The lowest BCUT2D eigenvalue weighted by molar-refractivity contribution is 0.101. The molecule has 0 spiro atoms. The zero-order valence-electron chi connectivity index (χ0n) is 20.0. The monoisotopic (exact) mass is 480 g/mol. The number of benzene rings is 3. The number of carbonyl (C=O) groups is 1. The van der Waals surface area contributed by atoms with Gasteiger partial charge in [0.25, 0.3) is 11.5 Å². The van der Waals surface area contributed by atoms with Crippen molar-refractivity contribution in [2.24, 2.45) is 7.05 Å². The Morgan fingerprint density at radius 2 is 1.53 bits per heavy atom. The van der Waals surface area contributed by atoms with Gasteiger partial charge in [-0.05, 0) is 43.3 Å². The van der Waals surface area contributed by atoms with E-state index in [4.69, 9.17) is 4.74 Å². The fourth-order valence-electron chi connectivity index (χ4n) is 3.97. The maximum atomic E-state index is 13.3. The summed E-state index contributed by atoms with van der Waals surface area (Å²) in [5.74, 6) is 0.564. The van der Waals surface area contributed by atoms with E-state index in [-0.39, 0.29) is 17.1 Å². The van der Waals surface area contributed by atoms with Crippen LogP contribution in [0.3, 0.4) is 0 Å². The molecule has 0 saturated heterocycles. The van der Waals surface area contributed by atoms with Gasteiger partial charge in [0.15, 0.2) is 5.82 Å². The van der Waals surface area contributed by atoms with E-state index in [9.17, 15) is 9.59 Å². The normalized spacial score (nSPS) is 10.9. The minimum absolute atomic E-state index is 0.0569. The number of hydrogen-bond acceptors (Lipinski definition) is 5. The number of anilines is 1. The van der Waals surface area contributed by atoms with E-state index in [1.165, 1.54) is 4.68 Å². The van der Waals surface area contributed by atoms with Gasteiger partial charge in [-0.2, -0.15) is 0 Å². The van der Waals surface area contributed by atoms with E-state index in [0.717, 1.165) is 5.56 Å². The van der Waals surface area contributed by atoms with Gasteiger partial charge in [0.05, 0.1) is 24.2 Å². The Morgan fingerprint density at radius 1 is 0.889 bits per heavy atom. The van der Waals surface area contributed by atoms with Crippen LogP contribution in [0.25, 0.3) is 22.8 Å².